The zero-order chi connectivity index (χ0) is 21.6. The molecule has 0 aromatic rings. The number of carbonyl (C=O) groups is 2. The van der Waals surface area contributed by atoms with Crippen molar-refractivity contribution in [1.29, 1.82) is 0 Å². The van der Waals surface area contributed by atoms with Gasteiger partial charge in [0.1, 0.15) is 6.61 Å². The minimum atomic E-state index is -0.945. The van der Waals surface area contributed by atoms with Gasteiger partial charge < -0.3 is 9.84 Å². The Morgan fingerprint density at radius 3 is 1.86 bits per heavy atom. The first-order chi connectivity index (χ1) is 14.1. The molecule has 0 bridgehead atoms. The topological polar surface area (TPSA) is 63.6 Å². The fourth-order valence-corrected chi connectivity index (χ4v) is 3.48. The van der Waals surface area contributed by atoms with Gasteiger partial charge in [0.2, 0.25) is 0 Å². The molecule has 0 saturated heterocycles. The maximum atomic E-state index is 11.9. The molecule has 4 heteroatoms. The smallest absolute Gasteiger partial charge is 0.309 e. The van der Waals surface area contributed by atoms with Crippen LogP contribution in [0.25, 0.3) is 0 Å². The molecule has 29 heavy (non-hydrogen) atoms. The van der Waals surface area contributed by atoms with Crippen molar-refractivity contribution >= 4 is 11.9 Å². The molecule has 0 heterocycles. The maximum Gasteiger partial charge on any atom is 0.309 e. The Hall–Kier alpha value is -1.58. The van der Waals surface area contributed by atoms with Crippen LogP contribution in [-0.4, -0.2) is 23.7 Å². The molecule has 0 amide bonds. The van der Waals surface area contributed by atoms with Crippen molar-refractivity contribution in [2.24, 2.45) is 5.92 Å². The zero-order valence-corrected chi connectivity index (χ0v) is 18.7. The highest BCUT2D eigenvalue weighted by molar-refractivity contribution is 5.79. The summed E-state index contributed by atoms with van der Waals surface area (Å²) < 4.78 is 5.01. The molecule has 1 N–H and O–H groups in total. The standard InChI is InChI=1S/C25H44O4/c1-3-5-6-7-8-9-10-11-12-13-14-15-16-17-18-19-20-23(22-24(26)27)25(28)29-21-4-2/h4-6,23H,2-3,7-22H2,1H3,(H,26,27)/b6-5+. The lowest BCUT2D eigenvalue weighted by Gasteiger charge is -2.13. The second-order valence-corrected chi connectivity index (χ2v) is 7.91. The van der Waals surface area contributed by atoms with Gasteiger partial charge in [-0.15, -0.1) is 0 Å². The normalized spacial score (nSPS) is 12.2. The Balaban J connectivity index is 3.51. The minimum Gasteiger partial charge on any atom is -0.481 e. The molecular formula is C25H44O4. The first kappa shape index (κ1) is 27.4. The van der Waals surface area contributed by atoms with Gasteiger partial charge in [-0.3, -0.25) is 9.59 Å². The van der Waals surface area contributed by atoms with Crippen LogP contribution in [0.5, 0.6) is 0 Å². The molecule has 4 nitrogen and oxygen atoms in total. The van der Waals surface area contributed by atoms with Crippen molar-refractivity contribution in [3.8, 4) is 0 Å². The average molecular weight is 409 g/mol. The number of rotatable bonds is 21. The molecule has 0 aromatic heterocycles. The summed E-state index contributed by atoms with van der Waals surface area (Å²) in [5, 5.41) is 8.96. The molecule has 0 aliphatic rings. The maximum absolute atomic E-state index is 11.9. The summed E-state index contributed by atoms with van der Waals surface area (Å²) in [5.74, 6) is -1.89. The molecule has 168 valence electrons. The van der Waals surface area contributed by atoms with Gasteiger partial charge in [-0.05, 0) is 25.7 Å². The largest absolute Gasteiger partial charge is 0.481 e. The van der Waals surface area contributed by atoms with E-state index in [1.165, 1.54) is 70.3 Å². The van der Waals surface area contributed by atoms with Crippen molar-refractivity contribution < 1.29 is 19.4 Å². The number of esters is 1. The highest BCUT2D eigenvalue weighted by Crippen LogP contribution is 2.18. The monoisotopic (exact) mass is 408 g/mol. The van der Waals surface area contributed by atoms with Crippen LogP contribution in [0.2, 0.25) is 0 Å². The molecule has 0 fully saturated rings. The molecule has 0 aromatic carbocycles. The fraction of sp³-hybridized carbons (Fsp3) is 0.760. The molecule has 0 aliphatic heterocycles. The van der Waals surface area contributed by atoms with Gasteiger partial charge in [0, 0.05) is 0 Å². The lowest BCUT2D eigenvalue weighted by atomic mass is 9.97. The van der Waals surface area contributed by atoms with Crippen LogP contribution in [0.1, 0.15) is 110 Å². The molecule has 0 spiro atoms. The Morgan fingerprint density at radius 2 is 1.38 bits per heavy atom. The van der Waals surface area contributed by atoms with Crippen LogP contribution in [0.3, 0.4) is 0 Å². The van der Waals surface area contributed by atoms with E-state index in [0.29, 0.717) is 6.42 Å². The first-order valence-electron chi connectivity index (χ1n) is 11.8. The van der Waals surface area contributed by atoms with E-state index in [-0.39, 0.29) is 13.0 Å². The quantitative estimate of drug-likeness (QED) is 0.124. The lowest BCUT2D eigenvalue weighted by molar-refractivity contribution is -0.152. The van der Waals surface area contributed by atoms with Crippen molar-refractivity contribution in [3.63, 3.8) is 0 Å². The van der Waals surface area contributed by atoms with Crippen LogP contribution in [-0.2, 0) is 14.3 Å². The number of aliphatic carboxylic acids is 1. The van der Waals surface area contributed by atoms with Crippen molar-refractivity contribution in [2.75, 3.05) is 6.61 Å². The molecule has 0 radical (unpaired) electrons. The van der Waals surface area contributed by atoms with E-state index >= 15 is 0 Å². The predicted molar refractivity (Wildman–Crippen MR) is 121 cm³/mol. The van der Waals surface area contributed by atoms with Gasteiger partial charge in [-0.1, -0.05) is 102 Å². The van der Waals surface area contributed by atoms with E-state index in [9.17, 15) is 9.59 Å². The number of carbonyl (C=O) groups excluding carboxylic acids is 1. The molecular weight excluding hydrogens is 364 g/mol. The van der Waals surface area contributed by atoms with Gasteiger partial charge in [-0.2, -0.15) is 0 Å². The number of ether oxygens (including phenoxy) is 1. The summed E-state index contributed by atoms with van der Waals surface area (Å²) in [6, 6.07) is 0. The lowest BCUT2D eigenvalue weighted by Crippen LogP contribution is -2.21. The van der Waals surface area contributed by atoms with Gasteiger partial charge >= 0.3 is 11.9 Å². The van der Waals surface area contributed by atoms with E-state index in [4.69, 9.17) is 9.84 Å². The Labute approximate surface area is 178 Å². The molecule has 1 atom stereocenters. The van der Waals surface area contributed by atoms with E-state index < -0.39 is 17.9 Å². The number of carboxylic acids is 1. The molecule has 0 aliphatic carbocycles. The van der Waals surface area contributed by atoms with Crippen LogP contribution in [0.4, 0.5) is 0 Å². The second-order valence-electron chi connectivity index (χ2n) is 7.91. The van der Waals surface area contributed by atoms with Gasteiger partial charge in [0.05, 0.1) is 12.3 Å². The van der Waals surface area contributed by atoms with E-state index in [1.807, 2.05) is 0 Å². The van der Waals surface area contributed by atoms with E-state index in [2.05, 4.69) is 25.7 Å². The van der Waals surface area contributed by atoms with E-state index in [0.717, 1.165) is 25.7 Å². The number of carboxylic acid groups (broad SMARTS) is 1. The summed E-state index contributed by atoms with van der Waals surface area (Å²) in [4.78, 5) is 22.8. The second kappa shape index (κ2) is 21.1. The fourth-order valence-electron chi connectivity index (χ4n) is 3.48. The van der Waals surface area contributed by atoms with Crippen LogP contribution >= 0.6 is 0 Å². The summed E-state index contributed by atoms with van der Waals surface area (Å²) in [6.07, 6.45) is 23.9. The third kappa shape index (κ3) is 19.5. The average Bonchev–Trinajstić information content (AvgIpc) is 2.70. The van der Waals surface area contributed by atoms with Gasteiger partial charge in [0.15, 0.2) is 0 Å². The van der Waals surface area contributed by atoms with Crippen LogP contribution in [0, 0.1) is 5.92 Å². The van der Waals surface area contributed by atoms with Gasteiger partial charge in [-0.25, -0.2) is 0 Å². The highest BCUT2D eigenvalue weighted by Gasteiger charge is 2.22. The minimum absolute atomic E-state index is 0.144. The third-order valence-corrected chi connectivity index (χ3v) is 5.17. The Kier molecular flexibility index (Phi) is 20.0. The van der Waals surface area contributed by atoms with Crippen molar-refractivity contribution in [1.82, 2.24) is 0 Å². The predicted octanol–water partition coefficient (Wildman–Crippen LogP) is 7.23. The summed E-state index contributed by atoms with van der Waals surface area (Å²) in [7, 11) is 0. The first-order valence-corrected chi connectivity index (χ1v) is 11.8. The molecule has 0 saturated carbocycles. The SMILES string of the molecule is C=CCOC(=O)C(CCCCCCCCCCCCCC/C=C/CC)CC(=O)O. The van der Waals surface area contributed by atoms with Crippen molar-refractivity contribution in [2.45, 2.75) is 110 Å². The number of hydrogen-bond donors (Lipinski definition) is 1. The molecule has 1 unspecified atom stereocenters. The third-order valence-electron chi connectivity index (χ3n) is 5.17. The van der Waals surface area contributed by atoms with Crippen molar-refractivity contribution in [3.05, 3.63) is 24.8 Å². The zero-order valence-electron chi connectivity index (χ0n) is 18.7. The summed E-state index contributed by atoms with van der Waals surface area (Å²) in [6.45, 7) is 5.83. The van der Waals surface area contributed by atoms with Crippen LogP contribution in [0.15, 0.2) is 24.8 Å². The Bertz CT molecular complexity index is 442. The molecule has 0 rings (SSSR count). The number of unbranched alkanes of at least 4 members (excludes halogenated alkanes) is 12. The Morgan fingerprint density at radius 1 is 0.862 bits per heavy atom. The van der Waals surface area contributed by atoms with Gasteiger partial charge in [0.25, 0.3) is 0 Å². The highest BCUT2D eigenvalue weighted by atomic mass is 16.5. The summed E-state index contributed by atoms with van der Waals surface area (Å²) >= 11 is 0. The van der Waals surface area contributed by atoms with Crippen LogP contribution < -0.4 is 0 Å². The van der Waals surface area contributed by atoms with E-state index in [1.54, 1.807) is 0 Å². The summed E-state index contributed by atoms with van der Waals surface area (Å²) in [5.41, 5.74) is 0. The number of allylic oxidation sites excluding steroid dienone is 2. The number of hydrogen-bond acceptors (Lipinski definition) is 3.